The average Bonchev–Trinajstić information content (AvgIpc) is 2.55. The lowest BCUT2D eigenvalue weighted by atomic mass is 10.0. The molecule has 3 aromatic carbocycles. The van der Waals surface area contributed by atoms with Gasteiger partial charge in [-0.25, -0.2) is 0 Å². The number of hydrogen-bond acceptors (Lipinski definition) is 1. The maximum atomic E-state index is 4.59. The van der Waals surface area contributed by atoms with E-state index in [4.69, 9.17) is 0 Å². The molecule has 1 radical (unpaired) electrons. The Hall–Kier alpha value is -2.67. The first kappa shape index (κ1) is 11.2. The van der Waals surface area contributed by atoms with Gasteiger partial charge < -0.3 is 0 Å². The Morgan fingerprint density at radius 2 is 1.60 bits per heavy atom. The van der Waals surface area contributed by atoms with Crippen molar-refractivity contribution in [3.8, 4) is 11.1 Å². The number of hydrogen-bond donors (Lipinski definition) is 0. The van der Waals surface area contributed by atoms with E-state index in [1.807, 2.05) is 24.4 Å². The van der Waals surface area contributed by atoms with Crippen LogP contribution in [0.4, 0.5) is 0 Å². The van der Waals surface area contributed by atoms with Gasteiger partial charge in [-0.2, -0.15) is 0 Å². The first-order valence-corrected chi connectivity index (χ1v) is 6.66. The monoisotopic (exact) mass is 254 g/mol. The van der Waals surface area contributed by atoms with Crippen LogP contribution < -0.4 is 0 Å². The van der Waals surface area contributed by atoms with Crippen LogP contribution in [0.2, 0.25) is 0 Å². The van der Waals surface area contributed by atoms with Gasteiger partial charge in [0.25, 0.3) is 0 Å². The van der Waals surface area contributed by atoms with E-state index in [1.165, 1.54) is 27.3 Å². The quantitative estimate of drug-likeness (QED) is 0.442. The predicted molar refractivity (Wildman–Crippen MR) is 83.5 cm³/mol. The highest BCUT2D eigenvalue weighted by Gasteiger charge is 2.03. The maximum Gasteiger partial charge on any atom is 0.0714 e. The molecule has 1 heteroatoms. The van der Waals surface area contributed by atoms with Gasteiger partial charge in [-0.3, -0.25) is 4.98 Å². The average molecular weight is 254 g/mol. The molecule has 4 aromatic rings. The van der Waals surface area contributed by atoms with Crippen molar-refractivity contribution in [2.45, 2.75) is 0 Å². The lowest BCUT2D eigenvalue weighted by Crippen LogP contribution is -1.84. The minimum absolute atomic E-state index is 1.04. The molecule has 0 saturated heterocycles. The predicted octanol–water partition coefficient (Wildman–Crippen LogP) is 4.86. The van der Waals surface area contributed by atoms with Crippen molar-refractivity contribution in [1.82, 2.24) is 4.98 Å². The molecular formula is C19H12N. The number of nitrogens with zero attached hydrogens (tertiary/aromatic N) is 1. The summed E-state index contributed by atoms with van der Waals surface area (Å²) in [6.07, 6.45) is 1.94. The van der Waals surface area contributed by atoms with E-state index in [-0.39, 0.29) is 0 Å². The van der Waals surface area contributed by atoms with Crippen molar-refractivity contribution in [2.24, 2.45) is 0 Å². The largest absolute Gasteiger partial charge is 0.256 e. The second kappa shape index (κ2) is 4.46. The summed E-state index contributed by atoms with van der Waals surface area (Å²) in [7, 11) is 0. The zero-order valence-electron chi connectivity index (χ0n) is 10.9. The fourth-order valence-corrected chi connectivity index (χ4v) is 2.62. The third-order valence-electron chi connectivity index (χ3n) is 3.64. The Morgan fingerprint density at radius 3 is 2.50 bits per heavy atom. The Balaban J connectivity index is 1.99. The van der Waals surface area contributed by atoms with Crippen molar-refractivity contribution in [2.75, 3.05) is 0 Å². The highest BCUT2D eigenvalue weighted by Crippen LogP contribution is 2.27. The molecule has 0 saturated carbocycles. The van der Waals surface area contributed by atoms with Crippen LogP contribution in [0, 0.1) is 6.07 Å². The Kier molecular flexibility index (Phi) is 2.49. The van der Waals surface area contributed by atoms with Gasteiger partial charge >= 0.3 is 0 Å². The molecule has 4 rings (SSSR count). The van der Waals surface area contributed by atoms with Crippen LogP contribution in [0.1, 0.15) is 0 Å². The first-order valence-electron chi connectivity index (χ1n) is 6.66. The number of aromatic nitrogens is 1. The smallest absolute Gasteiger partial charge is 0.0714 e. The van der Waals surface area contributed by atoms with Gasteiger partial charge in [-0.05, 0) is 28.6 Å². The molecule has 20 heavy (non-hydrogen) atoms. The summed E-state index contributed by atoms with van der Waals surface area (Å²) in [5.41, 5.74) is 3.42. The van der Waals surface area contributed by atoms with Crippen molar-refractivity contribution in [1.29, 1.82) is 0 Å². The van der Waals surface area contributed by atoms with Crippen molar-refractivity contribution >= 4 is 21.7 Å². The minimum atomic E-state index is 1.04. The number of fused-ring (bicyclic) bond motifs is 3. The molecule has 1 aromatic heterocycles. The van der Waals surface area contributed by atoms with Crippen molar-refractivity contribution < 1.29 is 0 Å². The molecule has 1 nitrogen and oxygen atoms in total. The van der Waals surface area contributed by atoms with E-state index >= 15 is 0 Å². The van der Waals surface area contributed by atoms with Crippen molar-refractivity contribution in [3.05, 3.63) is 79.0 Å². The molecule has 1 heterocycles. The van der Waals surface area contributed by atoms with Crippen LogP contribution >= 0.6 is 0 Å². The second-order valence-corrected chi connectivity index (χ2v) is 4.87. The highest BCUT2D eigenvalue weighted by molar-refractivity contribution is 6.06. The molecule has 0 aliphatic rings. The van der Waals surface area contributed by atoms with Gasteiger partial charge in [0.05, 0.1) is 5.52 Å². The summed E-state index contributed by atoms with van der Waals surface area (Å²) < 4.78 is 0. The fraction of sp³-hybridized carbons (Fsp3) is 0. The summed E-state index contributed by atoms with van der Waals surface area (Å²) in [5, 5.41) is 3.64. The van der Waals surface area contributed by atoms with Gasteiger partial charge in [-0.15, -0.1) is 0 Å². The summed E-state index contributed by atoms with van der Waals surface area (Å²) in [4.78, 5) is 4.59. The normalized spacial score (nSPS) is 11.0. The van der Waals surface area contributed by atoms with E-state index in [9.17, 15) is 0 Å². The molecule has 93 valence electrons. The van der Waals surface area contributed by atoms with Crippen LogP contribution in [0.3, 0.4) is 0 Å². The van der Waals surface area contributed by atoms with Gasteiger partial charge in [0, 0.05) is 17.0 Å². The van der Waals surface area contributed by atoms with Crippen LogP contribution in [-0.2, 0) is 0 Å². The number of pyridine rings is 1. The minimum Gasteiger partial charge on any atom is -0.256 e. The van der Waals surface area contributed by atoms with Gasteiger partial charge in [0.1, 0.15) is 0 Å². The third-order valence-corrected chi connectivity index (χ3v) is 3.64. The van der Waals surface area contributed by atoms with Gasteiger partial charge in [0.2, 0.25) is 0 Å². The fourth-order valence-electron chi connectivity index (χ4n) is 2.62. The maximum absolute atomic E-state index is 4.59. The molecule has 0 aliphatic heterocycles. The molecule has 0 bridgehead atoms. The molecule has 0 aliphatic carbocycles. The second-order valence-electron chi connectivity index (χ2n) is 4.87. The zero-order valence-corrected chi connectivity index (χ0v) is 10.9. The summed E-state index contributed by atoms with van der Waals surface area (Å²) in [6.45, 7) is 0. The summed E-state index contributed by atoms with van der Waals surface area (Å²) in [6, 6.07) is 25.9. The van der Waals surface area contributed by atoms with E-state index < -0.39 is 0 Å². The Labute approximate surface area is 117 Å². The van der Waals surface area contributed by atoms with Crippen LogP contribution in [0.15, 0.2) is 72.9 Å². The molecule has 0 unspecified atom stereocenters. The topological polar surface area (TPSA) is 12.9 Å². The number of rotatable bonds is 1. The van der Waals surface area contributed by atoms with E-state index in [0.717, 1.165) is 5.52 Å². The Bertz CT molecular complexity index is 895. The van der Waals surface area contributed by atoms with Crippen LogP contribution in [0.25, 0.3) is 32.8 Å². The molecule has 0 N–H and O–H groups in total. The SMILES string of the molecule is [c]1ccc(-c2ccc3c(c2)ncc2ccccc23)cc1. The lowest BCUT2D eigenvalue weighted by Gasteiger charge is -2.06. The van der Waals surface area contributed by atoms with E-state index in [0.29, 0.717) is 0 Å². The van der Waals surface area contributed by atoms with Crippen molar-refractivity contribution in [3.63, 3.8) is 0 Å². The molecule has 0 amide bonds. The third kappa shape index (κ3) is 1.76. The summed E-state index contributed by atoms with van der Waals surface area (Å²) >= 11 is 0. The Morgan fingerprint density at radius 1 is 0.750 bits per heavy atom. The van der Waals surface area contributed by atoms with E-state index in [1.54, 1.807) is 0 Å². The highest BCUT2D eigenvalue weighted by atomic mass is 14.6. The first-order chi connectivity index (χ1) is 9.92. The lowest BCUT2D eigenvalue weighted by molar-refractivity contribution is 1.44. The molecule has 0 atom stereocenters. The molecule has 0 spiro atoms. The molecular weight excluding hydrogens is 242 g/mol. The zero-order chi connectivity index (χ0) is 13.4. The van der Waals surface area contributed by atoms with Gasteiger partial charge in [0.15, 0.2) is 0 Å². The van der Waals surface area contributed by atoms with Crippen LogP contribution in [-0.4, -0.2) is 4.98 Å². The molecule has 0 fully saturated rings. The van der Waals surface area contributed by atoms with Crippen LogP contribution in [0.5, 0.6) is 0 Å². The van der Waals surface area contributed by atoms with E-state index in [2.05, 4.69) is 59.6 Å². The van der Waals surface area contributed by atoms with Gasteiger partial charge in [-0.1, -0.05) is 60.7 Å². The number of benzene rings is 3. The standard InChI is InChI=1S/C19H12N/c1-2-6-14(7-3-1)15-10-11-18-17-9-5-4-8-16(17)13-20-19(18)12-15/h2-13H. The summed E-state index contributed by atoms with van der Waals surface area (Å²) in [5.74, 6) is 0.